The molecule has 1 aromatic heterocycles. The van der Waals surface area contributed by atoms with Crippen molar-refractivity contribution < 1.29 is 4.79 Å². The molecule has 1 aliphatic rings. The van der Waals surface area contributed by atoms with Gasteiger partial charge < -0.3 is 4.98 Å². The van der Waals surface area contributed by atoms with Crippen molar-refractivity contribution in [3.05, 3.63) is 40.7 Å². The fraction of sp³-hybridized carbons (Fsp3) is 0.526. The Hall–Kier alpha value is -1.57. The van der Waals surface area contributed by atoms with E-state index in [4.69, 9.17) is 0 Å². The molecule has 1 aliphatic carbocycles. The van der Waals surface area contributed by atoms with E-state index in [0.29, 0.717) is 17.0 Å². The molecule has 0 spiro atoms. The number of hydrogen-bond donors (Lipinski definition) is 1. The van der Waals surface area contributed by atoms with Crippen molar-refractivity contribution >= 4 is 11.9 Å². The molecule has 1 unspecified atom stereocenters. The molecule has 2 heteroatoms. The van der Waals surface area contributed by atoms with E-state index in [1.54, 1.807) is 6.92 Å². The van der Waals surface area contributed by atoms with Crippen molar-refractivity contribution in [2.45, 2.75) is 53.9 Å². The maximum absolute atomic E-state index is 11.5. The van der Waals surface area contributed by atoms with Gasteiger partial charge >= 0.3 is 0 Å². The van der Waals surface area contributed by atoms with Gasteiger partial charge in [-0.15, -0.1) is 0 Å². The average molecular weight is 285 g/mol. The molecule has 1 fully saturated rings. The zero-order chi connectivity index (χ0) is 15.8. The van der Waals surface area contributed by atoms with Crippen LogP contribution in [0.5, 0.6) is 0 Å². The number of carbonyl (C=O) groups is 1. The maximum atomic E-state index is 11.5. The van der Waals surface area contributed by atoms with Gasteiger partial charge in [0.15, 0.2) is 5.78 Å². The molecule has 0 bridgehead atoms. The molecular weight excluding hydrogens is 258 g/mol. The smallest absolute Gasteiger partial charge is 0.175 e. The number of aromatic amines is 1. The molecule has 0 aliphatic heterocycles. The van der Waals surface area contributed by atoms with Crippen LogP contribution >= 0.6 is 0 Å². The summed E-state index contributed by atoms with van der Waals surface area (Å²) < 4.78 is 0. The molecule has 21 heavy (non-hydrogen) atoms. The summed E-state index contributed by atoms with van der Waals surface area (Å²) >= 11 is 0. The fourth-order valence-corrected chi connectivity index (χ4v) is 3.01. The van der Waals surface area contributed by atoms with Gasteiger partial charge in [0, 0.05) is 12.6 Å². The summed E-state index contributed by atoms with van der Waals surface area (Å²) in [5, 5.41) is 0. The van der Waals surface area contributed by atoms with Crippen molar-refractivity contribution in [2.24, 2.45) is 11.3 Å². The van der Waals surface area contributed by atoms with Gasteiger partial charge in [-0.25, -0.2) is 0 Å². The second kappa shape index (κ2) is 5.67. The molecule has 114 valence electrons. The Morgan fingerprint density at radius 1 is 1.43 bits per heavy atom. The monoisotopic (exact) mass is 285 g/mol. The first kappa shape index (κ1) is 15.8. The van der Waals surface area contributed by atoms with E-state index < -0.39 is 0 Å². The lowest BCUT2D eigenvalue weighted by Crippen LogP contribution is -2.24. The number of Topliss-reactive ketones (excluding diaryl/α,β-unsaturated/α-hetero) is 1. The van der Waals surface area contributed by atoms with Crippen LogP contribution in [0.2, 0.25) is 0 Å². The van der Waals surface area contributed by atoms with Crippen LogP contribution in [0.15, 0.2) is 23.8 Å². The minimum atomic E-state index is 0.0813. The number of ketones is 1. The summed E-state index contributed by atoms with van der Waals surface area (Å²) in [4.78, 5) is 14.7. The number of allylic oxidation sites excluding steroid dienone is 2. The predicted octanol–water partition coefficient (Wildman–Crippen LogP) is 5.31. The maximum Gasteiger partial charge on any atom is 0.175 e. The highest BCUT2D eigenvalue weighted by Gasteiger charge is 2.29. The Morgan fingerprint density at radius 2 is 2.10 bits per heavy atom. The predicted molar refractivity (Wildman–Crippen MR) is 89.4 cm³/mol. The van der Waals surface area contributed by atoms with Gasteiger partial charge in [0.05, 0.1) is 5.69 Å². The molecular formula is C19H27NO. The fourth-order valence-electron chi connectivity index (χ4n) is 3.01. The second-order valence-electron chi connectivity index (χ2n) is 7.41. The minimum absolute atomic E-state index is 0.0813. The molecule has 1 heterocycles. The van der Waals surface area contributed by atoms with Crippen LogP contribution in [-0.4, -0.2) is 10.8 Å². The highest BCUT2D eigenvalue weighted by atomic mass is 16.1. The third kappa shape index (κ3) is 3.55. The molecule has 2 rings (SSSR count). The van der Waals surface area contributed by atoms with Crippen molar-refractivity contribution in [1.29, 1.82) is 0 Å². The van der Waals surface area contributed by atoms with E-state index in [1.165, 1.54) is 17.6 Å². The van der Waals surface area contributed by atoms with Gasteiger partial charge in [0.1, 0.15) is 0 Å². The SMILES string of the molecule is C=C1CCC(C(C)(C)C)C/C1=C/c1[nH]c(C(C)=O)cc1C. The number of hydrogen-bond acceptors (Lipinski definition) is 1. The summed E-state index contributed by atoms with van der Waals surface area (Å²) in [6, 6.07) is 1.93. The largest absolute Gasteiger partial charge is 0.352 e. The summed E-state index contributed by atoms with van der Waals surface area (Å²) in [5.41, 5.74) is 5.77. The van der Waals surface area contributed by atoms with Crippen molar-refractivity contribution in [1.82, 2.24) is 4.98 Å². The zero-order valence-electron chi connectivity index (χ0n) is 14.0. The van der Waals surface area contributed by atoms with Crippen LogP contribution in [-0.2, 0) is 0 Å². The van der Waals surface area contributed by atoms with Crippen LogP contribution in [0.3, 0.4) is 0 Å². The lowest BCUT2D eigenvalue weighted by atomic mass is 9.69. The zero-order valence-corrected chi connectivity index (χ0v) is 14.0. The Morgan fingerprint density at radius 3 is 2.62 bits per heavy atom. The van der Waals surface area contributed by atoms with Gasteiger partial charge in [0.2, 0.25) is 0 Å². The Bertz CT molecular complexity index is 596. The van der Waals surface area contributed by atoms with Gasteiger partial charge in [-0.3, -0.25) is 4.79 Å². The molecule has 0 aromatic carbocycles. The highest BCUT2D eigenvalue weighted by Crippen LogP contribution is 2.42. The standard InChI is InChI=1S/C19H27NO/c1-12-7-8-16(19(4,5)6)10-15(12)11-17-13(2)9-18(20-17)14(3)21/h9,11,16,20H,1,7-8,10H2,2-6H3/b15-11-. The molecule has 1 saturated carbocycles. The van der Waals surface area contributed by atoms with E-state index in [0.717, 1.165) is 24.1 Å². The van der Waals surface area contributed by atoms with Gasteiger partial charge in [-0.2, -0.15) is 0 Å². The molecule has 2 nitrogen and oxygen atoms in total. The van der Waals surface area contributed by atoms with Gasteiger partial charge in [-0.1, -0.05) is 32.9 Å². The molecule has 1 N–H and O–H groups in total. The minimum Gasteiger partial charge on any atom is -0.352 e. The number of H-pyrrole nitrogens is 1. The molecule has 0 radical (unpaired) electrons. The first-order valence-corrected chi connectivity index (χ1v) is 7.77. The first-order chi connectivity index (χ1) is 9.68. The number of aromatic nitrogens is 1. The topological polar surface area (TPSA) is 32.9 Å². The molecule has 0 saturated heterocycles. The second-order valence-corrected chi connectivity index (χ2v) is 7.41. The Balaban J connectivity index is 2.30. The lowest BCUT2D eigenvalue weighted by Gasteiger charge is -2.36. The van der Waals surface area contributed by atoms with Crippen molar-refractivity contribution in [3.8, 4) is 0 Å². The van der Waals surface area contributed by atoms with E-state index >= 15 is 0 Å². The number of carbonyl (C=O) groups excluding carboxylic acids is 1. The average Bonchev–Trinajstić information content (AvgIpc) is 2.72. The van der Waals surface area contributed by atoms with E-state index in [-0.39, 0.29) is 5.78 Å². The third-order valence-corrected chi connectivity index (χ3v) is 4.69. The molecule has 1 atom stereocenters. The summed E-state index contributed by atoms with van der Waals surface area (Å²) in [7, 11) is 0. The van der Waals surface area contributed by atoms with E-state index in [9.17, 15) is 4.79 Å². The number of nitrogens with one attached hydrogen (secondary N) is 1. The highest BCUT2D eigenvalue weighted by molar-refractivity contribution is 5.93. The van der Waals surface area contributed by atoms with Crippen molar-refractivity contribution in [2.75, 3.05) is 0 Å². The summed E-state index contributed by atoms with van der Waals surface area (Å²) in [6.07, 6.45) is 5.58. The van der Waals surface area contributed by atoms with Crippen LogP contribution < -0.4 is 0 Å². The van der Waals surface area contributed by atoms with E-state index in [2.05, 4.69) is 38.4 Å². The van der Waals surface area contributed by atoms with Crippen molar-refractivity contribution in [3.63, 3.8) is 0 Å². The Labute approximate surface area is 128 Å². The van der Waals surface area contributed by atoms with Crippen LogP contribution in [0.4, 0.5) is 0 Å². The van der Waals surface area contributed by atoms with Gasteiger partial charge in [-0.05, 0) is 60.8 Å². The number of aryl methyl sites for hydroxylation is 1. The molecule has 0 amide bonds. The summed E-state index contributed by atoms with van der Waals surface area (Å²) in [6.45, 7) is 14.8. The summed E-state index contributed by atoms with van der Waals surface area (Å²) in [5.74, 6) is 0.773. The number of rotatable bonds is 2. The van der Waals surface area contributed by atoms with Gasteiger partial charge in [0.25, 0.3) is 0 Å². The lowest BCUT2D eigenvalue weighted by molar-refractivity contribution is 0.101. The first-order valence-electron chi connectivity index (χ1n) is 7.77. The normalized spacial score (nSPS) is 21.9. The third-order valence-electron chi connectivity index (χ3n) is 4.69. The van der Waals surface area contributed by atoms with Crippen LogP contribution in [0, 0.1) is 18.3 Å². The quantitative estimate of drug-likeness (QED) is 0.734. The molecule has 1 aromatic rings. The van der Waals surface area contributed by atoms with Crippen LogP contribution in [0.25, 0.3) is 6.08 Å². The van der Waals surface area contributed by atoms with E-state index in [1.807, 2.05) is 13.0 Å². The Kier molecular flexibility index (Phi) is 4.27. The van der Waals surface area contributed by atoms with Crippen LogP contribution in [0.1, 0.15) is 68.7 Å².